The van der Waals surface area contributed by atoms with Gasteiger partial charge in [0.15, 0.2) is 5.89 Å². The van der Waals surface area contributed by atoms with Crippen LogP contribution in [0.5, 0.6) is 0 Å². The molecule has 2 atom stereocenters. The van der Waals surface area contributed by atoms with E-state index in [4.69, 9.17) is 9.15 Å². The standard InChI is InChI=1S/C16H19N3O3/c1-10-15(22-11(2)18-10)16(20)19-14-9-21-8-13(14)7-12-3-5-17-6-4-12/h3-6,13-14H,7-9H2,1-2H3,(H,19,20)/t13-,14+/m1/s1. The molecule has 6 nitrogen and oxygen atoms in total. The van der Waals surface area contributed by atoms with Crippen molar-refractivity contribution < 1.29 is 13.9 Å². The van der Waals surface area contributed by atoms with Gasteiger partial charge in [-0.15, -0.1) is 0 Å². The number of hydrogen-bond acceptors (Lipinski definition) is 5. The van der Waals surface area contributed by atoms with Gasteiger partial charge < -0.3 is 14.5 Å². The molecule has 0 radical (unpaired) electrons. The quantitative estimate of drug-likeness (QED) is 0.929. The van der Waals surface area contributed by atoms with Crippen LogP contribution in [0.1, 0.15) is 27.7 Å². The van der Waals surface area contributed by atoms with Crippen molar-refractivity contribution in [2.75, 3.05) is 13.2 Å². The van der Waals surface area contributed by atoms with Crippen molar-refractivity contribution in [1.29, 1.82) is 0 Å². The first-order valence-corrected chi connectivity index (χ1v) is 7.35. The van der Waals surface area contributed by atoms with Gasteiger partial charge in [-0.1, -0.05) is 0 Å². The van der Waals surface area contributed by atoms with E-state index in [0.717, 1.165) is 6.42 Å². The number of pyridine rings is 1. The number of nitrogens with zero attached hydrogens (tertiary/aromatic N) is 2. The Bertz CT molecular complexity index is 654. The second-order valence-corrected chi connectivity index (χ2v) is 5.58. The highest BCUT2D eigenvalue weighted by Gasteiger charge is 2.31. The van der Waals surface area contributed by atoms with Gasteiger partial charge in [0.1, 0.15) is 0 Å². The molecule has 0 aromatic carbocycles. The minimum atomic E-state index is -0.228. The lowest BCUT2D eigenvalue weighted by molar-refractivity contribution is 0.0895. The summed E-state index contributed by atoms with van der Waals surface area (Å²) < 4.78 is 10.9. The molecule has 0 aliphatic carbocycles. The van der Waals surface area contributed by atoms with Gasteiger partial charge in [-0.25, -0.2) is 4.98 Å². The number of aromatic nitrogens is 2. The van der Waals surface area contributed by atoms with E-state index in [1.54, 1.807) is 26.2 Å². The van der Waals surface area contributed by atoms with E-state index in [-0.39, 0.29) is 23.6 Å². The maximum Gasteiger partial charge on any atom is 0.289 e. The second-order valence-electron chi connectivity index (χ2n) is 5.58. The summed E-state index contributed by atoms with van der Waals surface area (Å²) in [5.74, 6) is 0.801. The monoisotopic (exact) mass is 301 g/mol. The molecule has 1 aliphatic heterocycles. The van der Waals surface area contributed by atoms with E-state index in [2.05, 4.69) is 15.3 Å². The van der Waals surface area contributed by atoms with Crippen LogP contribution >= 0.6 is 0 Å². The van der Waals surface area contributed by atoms with Crippen molar-refractivity contribution in [3.63, 3.8) is 0 Å². The van der Waals surface area contributed by atoms with Crippen LogP contribution in [0, 0.1) is 19.8 Å². The Hall–Kier alpha value is -2.21. The van der Waals surface area contributed by atoms with Crippen molar-refractivity contribution >= 4 is 5.91 Å². The molecule has 116 valence electrons. The zero-order valence-electron chi connectivity index (χ0n) is 12.7. The van der Waals surface area contributed by atoms with Gasteiger partial charge in [0.05, 0.1) is 24.9 Å². The summed E-state index contributed by atoms with van der Waals surface area (Å²) in [6.07, 6.45) is 4.40. The molecule has 0 spiro atoms. The Labute approximate surface area is 128 Å². The van der Waals surface area contributed by atoms with Gasteiger partial charge in [0.25, 0.3) is 5.91 Å². The fourth-order valence-electron chi connectivity index (χ4n) is 2.76. The van der Waals surface area contributed by atoms with Gasteiger partial charge in [-0.2, -0.15) is 0 Å². The first-order chi connectivity index (χ1) is 10.6. The van der Waals surface area contributed by atoms with Crippen LogP contribution < -0.4 is 5.32 Å². The Balaban J connectivity index is 1.66. The summed E-state index contributed by atoms with van der Waals surface area (Å²) in [5, 5.41) is 3.01. The molecular formula is C16H19N3O3. The molecular weight excluding hydrogens is 282 g/mol. The molecule has 6 heteroatoms. The van der Waals surface area contributed by atoms with Crippen LogP contribution in [0.15, 0.2) is 28.9 Å². The van der Waals surface area contributed by atoms with E-state index >= 15 is 0 Å². The van der Waals surface area contributed by atoms with Crippen LogP contribution in [0.4, 0.5) is 0 Å². The molecule has 1 saturated heterocycles. The molecule has 0 saturated carbocycles. The van der Waals surface area contributed by atoms with Gasteiger partial charge in [-0.05, 0) is 31.0 Å². The molecule has 1 fully saturated rings. The number of nitrogens with one attached hydrogen (secondary N) is 1. The van der Waals surface area contributed by atoms with Crippen molar-refractivity contribution in [1.82, 2.24) is 15.3 Å². The number of hydrogen-bond donors (Lipinski definition) is 1. The SMILES string of the molecule is Cc1nc(C)c(C(=O)N[C@H]2COC[C@H]2Cc2ccncc2)o1. The Morgan fingerprint density at radius 1 is 1.32 bits per heavy atom. The summed E-state index contributed by atoms with van der Waals surface area (Å²) in [5.41, 5.74) is 1.80. The molecule has 1 N–H and O–H groups in total. The van der Waals surface area contributed by atoms with Gasteiger partial charge >= 0.3 is 0 Å². The van der Waals surface area contributed by atoms with Gasteiger partial charge in [0.2, 0.25) is 5.76 Å². The third kappa shape index (κ3) is 3.17. The predicted molar refractivity (Wildman–Crippen MR) is 79.5 cm³/mol. The number of ether oxygens (including phenoxy) is 1. The number of oxazole rings is 1. The molecule has 3 rings (SSSR count). The molecule has 0 bridgehead atoms. The van der Waals surface area contributed by atoms with E-state index < -0.39 is 0 Å². The average molecular weight is 301 g/mol. The van der Waals surface area contributed by atoms with E-state index in [1.165, 1.54) is 5.56 Å². The number of amides is 1. The third-order valence-corrected chi connectivity index (χ3v) is 3.87. The number of carbonyl (C=O) groups is 1. The highest BCUT2D eigenvalue weighted by Crippen LogP contribution is 2.20. The summed E-state index contributed by atoms with van der Waals surface area (Å²) in [6, 6.07) is 3.95. The molecule has 3 heterocycles. The summed E-state index contributed by atoms with van der Waals surface area (Å²) in [4.78, 5) is 20.5. The van der Waals surface area contributed by atoms with E-state index in [9.17, 15) is 4.79 Å². The van der Waals surface area contributed by atoms with E-state index in [0.29, 0.717) is 24.8 Å². The third-order valence-electron chi connectivity index (χ3n) is 3.87. The zero-order chi connectivity index (χ0) is 15.5. The van der Waals surface area contributed by atoms with Crippen molar-refractivity contribution in [2.24, 2.45) is 5.92 Å². The van der Waals surface area contributed by atoms with Crippen LogP contribution in [0.25, 0.3) is 0 Å². The molecule has 2 aromatic heterocycles. The first kappa shape index (κ1) is 14.7. The Morgan fingerprint density at radius 3 is 2.77 bits per heavy atom. The summed E-state index contributed by atoms with van der Waals surface area (Å²) in [7, 11) is 0. The molecule has 2 aromatic rings. The number of aryl methyl sites for hydroxylation is 2. The lowest BCUT2D eigenvalue weighted by Gasteiger charge is -2.18. The van der Waals surface area contributed by atoms with Crippen LogP contribution in [0.2, 0.25) is 0 Å². The molecule has 0 unspecified atom stereocenters. The topological polar surface area (TPSA) is 77.2 Å². The minimum absolute atomic E-state index is 0.0227. The lowest BCUT2D eigenvalue weighted by atomic mass is 9.95. The normalized spacial score (nSPS) is 21.0. The molecule has 22 heavy (non-hydrogen) atoms. The van der Waals surface area contributed by atoms with Crippen LogP contribution in [0.3, 0.4) is 0 Å². The molecule has 1 amide bonds. The fourth-order valence-corrected chi connectivity index (χ4v) is 2.76. The van der Waals surface area contributed by atoms with Crippen molar-refractivity contribution in [2.45, 2.75) is 26.3 Å². The van der Waals surface area contributed by atoms with Crippen molar-refractivity contribution in [3.8, 4) is 0 Å². The highest BCUT2D eigenvalue weighted by atomic mass is 16.5. The first-order valence-electron chi connectivity index (χ1n) is 7.35. The van der Waals surface area contributed by atoms with E-state index in [1.807, 2.05) is 12.1 Å². The summed E-state index contributed by atoms with van der Waals surface area (Å²) in [6.45, 7) is 4.66. The predicted octanol–water partition coefficient (Wildman–Crippen LogP) is 1.67. The van der Waals surface area contributed by atoms with Crippen molar-refractivity contribution in [3.05, 3.63) is 47.4 Å². The maximum absolute atomic E-state index is 12.3. The van der Waals surface area contributed by atoms with Crippen LogP contribution in [-0.2, 0) is 11.2 Å². The lowest BCUT2D eigenvalue weighted by Crippen LogP contribution is -2.40. The Kier molecular flexibility index (Phi) is 4.20. The highest BCUT2D eigenvalue weighted by molar-refractivity contribution is 5.92. The second kappa shape index (κ2) is 6.27. The maximum atomic E-state index is 12.3. The number of carbonyl (C=O) groups excluding carboxylic acids is 1. The minimum Gasteiger partial charge on any atom is -0.436 e. The fraction of sp³-hybridized carbons (Fsp3) is 0.438. The van der Waals surface area contributed by atoms with Gasteiger partial charge in [-0.3, -0.25) is 9.78 Å². The van der Waals surface area contributed by atoms with Gasteiger partial charge in [0, 0.05) is 25.2 Å². The largest absolute Gasteiger partial charge is 0.436 e. The smallest absolute Gasteiger partial charge is 0.289 e. The summed E-state index contributed by atoms with van der Waals surface area (Å²) >= 11 is 0. The average Bonchev–Trinajstić information content (AvgIpc) is 3.06. The number of rotatable bonds is 4. The Morgan fingerprint density at radius 2 is 2.09 bits per heavy atom. The zero-order valence-corrected chi connectivity index (χ0v) is 12.7. The van der Waals surface area contributed by atoms with Crippen LogP contribution in [-0.4, -0.2) is 35.1 Å². The molecule has 1 aliphatic rings.